The van der Waals surface area contributed by atoms with E-state index in [-0.39, 0.29) is 11.0 Å². The minimum Gasteiger partial charge on any atom is -0.465 e. The van der Waals surface area contributed by atoms with Crippen LogP contribution < -0.4 is 10.6 Å². The number of hydrogen-bond donors (Lipinski definition) is 2. The molecule has 2 N–H and O–H groups in total. The molecule has 0 atom stereocenters. The molecule has 0 radical (unpaired) electrons. The van der Waals surface area contributed by atoms with Gasteiger partial charge in [-0.05, 0) is 30.4 Å². The van der Waals surface area contributed by atoms with Gasteiger partial charge in [-0.25, -0.2) is 9.78 Å². The first-order valence-electron chi connectivity index (χ1n) is 6.82. The van der Waals surface area contributed by atoms with Gasteiger partial charge in [0.05, 0.1) is 22.9 Å². The van der Waals surface area contributed by atoms with Crippen LogP contribution in [0.15, 0.2) is 18.2 Å². The molecule has 0 aliphatic carbocycles. The molecule has 1 aromatic heterocycles. The number of benzene rings is 1. The number of nitrogens with zero attached hydrogens (tertiary/aromatic N) is 1. The fraction of sp³-hybridized carbons (Fsp3) is 0.333. The molecule has 23 heavy (non-hydrogen) atoms. The zero-order valence-electron chi connectivity index (χ0n) is 13.2. The quantitative estimate of drug-likeness (QED) is 0.640. The van der Waals surface area contributed by atoms with Crippen molar-refractivity contribution in [3.8, 4) is 0 Å². The van der Waals surface area contributed by atoms with Gasteiger partial charge in [0.1, 0.15) is 0 Å². The van der Waals surface area contributed by atoms with E-state index in [9.17, 15) is 9.59 Å². The highest BCUT2D eigenvalue weighted by atomic mass is 32.1. The third kappa shape index (κ3) is 4.23. The number of methoxy groups -OCH3 is 1. The van der Waals surface area contributed by atoms with Crippen molar-refractivity contribution >= 4 is 55.9 Å². The molecule has 0 bridgehead atoms. The first kappa shape index (κ1) is 17.3. The molecule has 122 valence electrons. The molecule has 0 spiro atoms. The third-order valence-electron chi connectivity index (χ3n) is 2.94. The highest BCUT2D eigenvalue weighted by Crippen LogP contribution is 2.27. The minimum atomic E-state index is -0.533. The van der Waals surface area contributed by atoms with Crippen molar-refractivity contribution in [3.63, 3.8) is 0 Å². The van der Waals surface area contributed by atoms with Crippen molar-refractivity contribution in [1.82, 2.24) is 10.3 Å². The Hall–Kier alpha value is -2.06. The molecule has 0 aliphatic rings. The molecule has 0 saturated carbocycles. The number of amides is 1. The average Bonchev–Trinajstić information content (AvgIpc) is 2.86. The number of hydrogen-bond acceptors (Lipinski definition) is 6. The molecule has 1 aromatic carbocycles. The van der Waals surface area contributed by atoms with E-state index in [0.717, 1.165) is 10.2 Å². The maximum atomic E-state index is 11.9. The molecule has 8 heteroatoms. The maximum Gasteiger partial charge on any atom is 0.337 e. The Balaban J connectivity index is 2.13. The summed E-state index contributed by atoms with van der Waals surface area (Å²) in [7, 11) is 1.34. The van der Waals surface area contributed by atoms with Gasteiger partial charge in [0, 0.05) is 5.41 Å². The first-order chi connectivity index (χ1) is 10.7. The first-order valence-corrected chi connectivity index (χ1v) is 8.04. The molecule has 0 saturated heterocycles. The summed E-state index contributed by atoms with van der Waals surface area (Å²) in [6, 6.07) is 5.10. The Morgan fingerprint density at radius 3 is 2.61 bits per heavy atom. The standard InChI is InChI=1S/C15H17N3O3S2/c1-15(2,3)12(20)17-13(22)18-14-16-9-6-5-8(11(19)21-4)7-10(9)23-14/h5-7H,1-4H3,(H2,16,17,18,20,22). The molecule has 0 fully saturated rings. The number of carbonyl (C=O) groups is 2. The van der Waals surface area contributed by atoms with Gasteiger partial charge in [0.2, 0.25) is 5.91 Å². The predicted octanol–water partition coefficient (Wildman–Crippen LogP) is 2.94. The monoisotopic (exact) mass is 351 g/mol. The molecular weight excluding hydrogens is 334 g/mol. The van der Waals surface area contributed by atoms with E-state index in [1.54, 1.807) is 39.0 Å². The van der Waals surface area contributed by atoms with Gasteiger partial charge in [-0.1, -0.05) is 32.1 Å². The summed E-state index contributed by atoms with van der Waals surface area (Å²) < 4.78 is 5.51. The van der Waals surface area contributed by atoms with Gasteiger partial charge < -0.3 is 15.4 Å². The SMILES string of the molecule is COC(=O)c1ccc2nc(NC(=S)NC(=O)C(C)(C)C)sc2c1. The van der Waals surface area contributed by atoms with Crippen LogP contribution in [0.1, 0.15) is 31.1 Å². The number of thiocarbonyl (C=S) groups is 1. The number of aromatic nitrogens is 1. The number of anilines is 1. The van der Waals surface area contributed by atoms with Gasteiger partial charge in [-0.2, -0.15) is 0 Å². The van der Waals surface area contributed by atoms with E-state index >= 15 is 0 Å². The molecule has 1 heterocycles. The molecule has 0 unspecified atom stereocenters. The molecule has 0 aliphatic heterocycles. The fourth-order valence-corrected chi connectivity index (χ4v) is 2.81. The lowest BCUT2D eigenvalue weighted by atomic mass is 9.96. The predicted molar refractivity (Wildman–Crippen MR) is 94.8 cm³/mol. The Labute approximate surface area is 143 Å². The maximum absolute atomic E-state index is 11.9. The highest BCUT2D eigenvalue weighted by Gasteiger charge is 2.22. The lowest BCUT2D eigenvalue weighted by Gasteiger charge is -2.17. The summed E-state index contributed by atoms with van der Waals surface area (Å²) in [5, 5.41) is 6.25. The van der Waals surface area contributed by atoms with E-state index in [4.69, 9.17) is 17.0 Å². The molecular formula is C15H17N3O3S2. The summed E-state index contributed by atoms with van der Waals surface area (Å²) in [6.07, 6.45) is 0. The second-order valence-electron chi connectivity index (χ2n) is 5.85. The van der Waals surface area contributed by atoms with Crippen LogP contribution >= 0.6 is 23.6 Å². The summed E-state index contributed by atoms with van der Waals surface area (Å²) >= 11 is 6.45. The van der Waals surface area contributed by atoms with E-state index < -0.39 is 11.4 Å². The van der Waals surface area contributed by atoms with Crippen LogP contribution in [0.4, 0.5) is 5.13 Å². The fourth-order valence-electron chi connectivity index (χ4n) is 1.64. The number of rotatable bonds is 2. The van der Waals surface area contributed by atoms with Crippen molar-refractivity contribution in [3.05, 3.63) is 23.8 Å². The van der Waals surface area contributed by atoms with Crippen LogP contribution in [-0.2, 0) is 9.53 Å². The second kappa shape index (κ2) is 6.59. The highest BCUT2D eigenvalue weighted by molar-refractivity contribution is 7.80. The number of fused-ring (bicyclic) bond motifs is 1. The average molecular weight is 351 g/mol. The van der Waals surface area contributed by atoms with Gasteiger partial charge in [-0.15, -0.1) is 0 Å². The Morgan fingerprint density at radius 2 is 2.00 bits per heavy atom. The molecule has 6 nitrogen and oxygen atoms in total. The van der Waals surface area contributed by atoms with Gasteiger partial charge in [0.15, 0.2) is 10.2 Å². The third-order valence-corrected chi connectivity index (χ3v) is 4.08. The normalized spacial score (nSPS) is 11.1. The number of carbonyl (C=O) groups excluding carboxylic acids is 2. The largest absolute Gasteiger partial charge is 0.465 e. The summed E-state index contributed by atoms with van der Waals surface area (Å²) in [5.74, 6) is -0.577. The second-order valence-corrected chi connectivity index (χ2v) is 7.29. The topological polar surface area (TPSA) is 80.3 Å². The number of ether oxygens (including phenoxy) is 1. The van der Waals surface area contributed by atoms with Crippen LogP contribution in [0.5, 0.6) is 0 Å². The van der Waals surface area contributed by atoms with Crippen molar-refractivity contribution in [2.24, 2.45) is 5.41 Å². The van der Waals surface area contributed by atoms with Gasteiger partial charge in [-0.3, -0.25) is 4.79 Å². The zero-order chi connectivity index (χ0) is 17.2. The van der Waals surface area contributed by atoms with Crippen LogP contribution in [0.25, 0.3) is 10.2 Å². The number of nitrogens with one attached hydrogen (secondary N) is 2. The Morgan fingerprint density at radius 1 is 1.30 bits per heavy atom. The van der Waals surface area contributed by atoms with Crippen LogP contribution in [0.3, 0.4) is 0 Å². The van der Waals surface area contributed by atoms with Crippen molar-refractivity contribution in [2.45, 2.75) is 20.8 Å². The summed E-state index contributed by atoms with van der Waals surface area (Å²) in [4.78, 5) is 27.8. The van der Waals surface area contributed by atoms with Crippen LogP contribution in [0.2, 0.25) is 0 Å². The lowest BCUT2D eigenvalue weighted by Crippen LogP contribution is -2.41. The van der Waals surface area contributed by atoms with Crippen LogP contribution in [0, 0.1) is 5.41 Å². The van der Waals surface area contributed by atoms with E-state index in [1.165, 1.54) is 18.4 Å². The molecule has 2 aromatic rings. The van der Waals surface area contributed by atoms with E-state index in [1.807, 2.05) is 0 Å². The Kier molecular flexibility index (Phi) is 4.96. The number of thiazole rings is 1. The van der Waals surface area contributed by atoms with Gasteiger partial charge >= 0.3 is 5.97 Å². The lowest BCUT2D eigenvalue weighted by molar-refractivity contribution is -0.126. The Bertz CT molecular complexity index is 778. The van der Waals surface area contributed by atoms with E-state index in [0.29, 0.717) is 10.7 Å². The van der Waals surface area contributed by atoms with Gasteiger partial charge in [0.25, 0.3) is 0 Å². The number of esters is 1. The molecule has 1 amide bonds. The van der Waals surface area contributed by atoms with Crippen molar-refractivity contribution in [1.29, 1.82) is 0 Å². The summed E-state index contributed by atoms with van der Waals surface area (Å²) in [6.45, 7) is 5.41. The smallest absolute Gasteiger partial charge is 0.337 e. The van der Waals surface area contributed by atoms with Crippen LogP contribution in [-0.4, -0.2) is 29.1 Å². The van der Waals surface area contributed by atoms with Crippen molar-refractivity contribution < 1.29 is 14.3 Å². The van der Waals surface area contributed by atoms with Crippen molar-refractivity contribution in [2.75, 3.05) is 12.4 Å². The minimum absolute atomic E-state index is 0.177. The summed E-state index contributed by atoms with van der Waals surface area (Å²) in [5.41, 5.74) is 0.656. The zero-order valence-corrected chi connectivity index (χ0v) is 14.9. The molecule has 2 rings (SSSR count). The van der Waals surface area contributed by atoms with E-state index in [2.05, 4.69) is 15.6 Å².